The van der Waals surface area contributed by atoms with Gasteiger partial charge < -0.3 is 20.2 Å². The van der Waals surface area contributed by atoms with E-state index < -0.39 is 16.6 Å². The van der Waals surface area contributed by atoms with Crippen LogP contribution in [-0.2, 0) is 15.0 Å². The van der Waals surface area contributed by atoms with Crippen LogP contribution in [0, 0.1) is 13.8 Å². The molecule has 8 nitrogen and oxygen atoms in total. The number of amides is 2. The topological polar surface area (TPSA) is 122 Å². The Morgan fingerprint density at radius 2 is 2.00 bits per heavy atom. The van der Waals surface area contributed by atoms with Crippen molar-refractivity contribution in [2.24, 2.45) is 0 Å². The predicted molar refractivity (Wildman–Crippen MR) is 113 cm³/mol. The minimum absolute atomic E-state index is 0.0250. The lowest BCUT2D eigenvalue weighted by Gasteiger charge is -2.35. The molecule has 0 saturated carbocycles. The lowest BCUT2D eigenvalue weighted by Crippen LogP contribution is -2.40. The Kier molecular flexibility index (Phi) is 6.63. The number of aromatic nitrogens is 1. The molecule has 0 radical (unpaired) electrons. The maximum Gasteiger partial charge on any atom is 0.245 e. The Labute approximate surface area is 176 Å². The van der Waals surface area contributed by atoms with E-state index >= 15 is 0 Å². The molecule has 0 spiro atoms. The smallest absolute Gasteiger partial charge is 0.245 e. The summed E-state index contributed by atoms with van der Waals surface area (Å²) in [6, 6.07) is 1.23. The molecule has 1 aliphatic rings. The van der Waals surface area contributed by atoms with E-state index in [1.54, 1.807) is 18.7 Å². The summed E-state index contributed by atoms with van der Waals surface area (Å²) in [6.07, 6.45) is 1.21. The van der Waals surface area contributed by atoms with Crippen LogP contribution in [0.4, 0.5) is 5.13 Å². The molecule has 2 aromatic heterocycles. The highest BCUT2D eigenvalue weighted by molar-refractivity contribution is 7.99. The maximum absolute atomic E-state index is 12.6. The molecule has 2 aromatic rings. The number of aryl methyl sites for hydroxylation is 2. The molecule has 1 aliphatic heterocycles. The second-order valence-corrected chi connectivity index (χ2v) is 9.17. The molecule has 0 aliphatic carbocycles. The molecule has 0 aromatic carbocycles. The average Bonchev–Trinajstić information content (AvgIpc) is 3.08. The summed E-state index contributed by atoms with van der Waals surface area (Å²) in [6.45, 7) is 3.28. The fraction of sp³-hybridized carbons (Fsp3) is 0.474. The van der Waals surface area contributed by atoms with E-state index in [0.29, 0.717) is 23.7 Å². The highest BCUT2D eigenvalue weighted by Gasteiger charge is 2.41. The van der Waals surface area contributed by atoms with Gasteiger partial charge in [-0.05, 0) is 38.2 Å². The van der Waals surface area contributed by atoms with Crippen molar-refractivity contribution in [2.75, 3.05) is 23.4 Å². The van der Waals surface area contributed by atoms with Crippen LogP contribution in [0.5, 0.6) is 5.75 Å². The Morgan fingerprint density at radius 3 is 2.66 bits per heavy atom. The fourth-order valence-electron chi connectivity index (χ4n) is 3.33. The van der Waals surface area contributed by atoms with E-state index in [2.05, 4.69) is 15.6 Å². The summed E-state index contributed by atoms with van der Waals surface area (Å²) in [4.78, 5) is 40.9. The third-order valence-corrected chi connectivity index (χ3v) is 6.65. The van der Waals surface area contributed by atoms with Crippen molar-refractivity contribution in [2.45, 2.75) is 38.5 Å². The van der Waals surface area contributed by atoms with Gasteiger partial charge in [0.1, 0.15) is 5.76 Å². The van der Waals surface area contributed by atoms with Gasteiger partial charge in [-0.25, -0.2) is 4.98 Å². The molecule has 0 bridgehead atoms. The molecular formula is C19H23N3O5S2. The van der Waals surface area contributed by atoms with Crippen LogP contribution >= 0.6 is 23.1 Å². The van der Waals surface area contributed by atoms with Crippen molar-refractivity contribution < 1.29 is 19.1 Å². The van der Waals surface area contributed by atoms with Gasteiger partial charge in [-0.2, -0.15) is 11.8 Å². The van der Waals surface area contributed by atoms with Gasteiger partial charge in [-0.15, -0.1) is 11.3 Å². The number of carbonyl (C=O) groups is 2. The molecule has 29 heavy (non-hydrogen) atoms. The number of hydrogen-bond donors (Lipinski definition) is 3. The van der Waals surface area contributed by atoms with Gasteiger partial charge in [0.05, 0.1) is 12.2 Å². The number of anilines is 1. The fourth-order valence-corrected chi connectivity index (χ4v) is 5.31. The zero-order valence-electron chi connectivity index (χ0n) is 16.2. The number of aromatic hydroxyl groups is 1. The maximum atomic E-state index is 12.6. The first-order chi connectivity index (χ1) is 13.8. The molecule has 3 heterocycles. The standard InChI is InChI=1S/C19H23N3O5S2/c1-11-10-29-18(21-11)22-15(25)9-20-14(24)8-19(3-5-28-6-4-19)17-16(26)13(23)7-12(2)27-17/h7,10,26H,3-6,8-9H2,1-2H3,(H,20,24)(H,21,22,25). The van der Waals surface area contributed by atoms with Crippen molar-refractivity contribution in [3.63, 3.8) is 0 Å². The zero-order chi connectivity index (χ0) is 21.0. The van der Waals surface area contributed by atoms with Crippen LogP contribution in [-0.4, -0.2) is 40.0 Å². The van der Waals surface area contributed by atoms with Crippen molar-refractivity contribution in [1.82, 2.24) is 10.3 Å². The molecule has 10 heteroatoms. The number of nitrogens with one attached hydrogen (secondary N) is 2. The number of hydrogen-bond acceptors (Lipinski definition) is 8. The second kappa shape index (κ2) is 9.00. The van der Waals surface area contributed by atoms with Gasteiger partial charge in [0, 0.05) is 23.3 Å². The highest BCUT2D eigenvalue weighted by Crippen LogP contribution is 2.43. The monoisotopic (exact) mass is 437 g/mol. The summed E-state index contributed by atoms with van der Waals surface area (Å²) in [7, 11) is 0. The summed E-state index contributed by atoms with van der Waals surface area (Å²) < 4.78 is 5.71. The van der Waals surface area contributed by atoms with E-state index in [-0.39, 0.29) is 30.5 Å². The molecule has 1 saturated heterocycles. The third kappa shape index (κ3) is 5.18. The normalized spacial score (nSPS) is 15.7. The second-order valence-electron chi connectivity index (χ2n) is 7.09. The minimum atomic E-state index is -0.770. The first kappa shape index (κ1) is 21.4. The lowest BCUT2D eigenvalue weighted by molar-refractivity contribution is -0.125. The first-order valence-electron chi connectivity index (χ1n) is 9.20. The van der Waals surface area contributed by atoms with Crippen LogP contribution in [0.2, 0.25) is 0 Å². The predicted octanol–water partition coefficient (Wildman–Crippen LogP) is 2.33. The lowest BCUT2D eigenvalue weighted by atomic mass is 9.75. The molecule has 1 fully saturated rings. The number of thioether (sulfide) groups is 1. The zero-order valence-corrected chi connectivity index (χ0v) is 17.9. The third-order valence-electron chi connectivity index (χ3n) is 4.79. The summed E-state index contributed by atoms with van der Waals surface area (Å²) in [5.41, 5.74) is -0.473. The van der Waals surface area contributed by atoms with Gasteiger partial charge in [0.15, 0.2) is 10.9 Å². The van der Waals surface area contributed by atoms with Crippen LogP contribution in [0.3, 0.4) is 0 Å². The Balaban J connectivity index is 1.69. The SMILES string of the molecule is Cc1csc(NC(=O)CNC(=O)CC2(c3oc(C)cc(=O)c3O)CCSCC2)n1. The summed E-state index contributed by atoms with van der Waals surface area (Å²) in [5, 5.41) is 17.9. The Hall–Kier alpha value is -2.33. The summed E-state index contributed by atoms with van der Waals surface area (Å²) >= 11 is 3.07. The molecule has 156 valence electrons. The Bertz CT molecular complexity index is 963. The van der Waals surface area contributed by atoms with Gasteiger partial charge in [0.25, 0.3) is 0 Å². The van der Waals surface area contributed by atoms with Crippen LogP contribution < -0.4 is 16.1 Å². The number of nitrogens with zero attached hydrogens (tertiary/aromatic N) is 1. The largest absolute Gasteiger partial charge is 0.502 e. The number of carbonyl (C=O) groups excluding carboxylic acids is 2. The van der Waals surface area contributed by atoms with E-state index in [1.165, 1.54) is 17.4 Å². The van der Waals surface area contributed by atoms with Crippen molar-refractivity contribution in [3.8, 4) is 5.75 Å². The van der Waals surface area contributed by atoms with Crippen molar-refractivity contribution in [3.05, 3.63) is 38.9 Å². The number of thiazole rings is 1. The molecule has 0 unspecified atom stereocenters. The van der Waals surface area contributed by atoms with Gasteiger partial charge in [-0.1, -0.05) is 0 Å². The molecule has 3 rings (SSSR count). The van der Waals surface area contributed by atoms with E-state index in [4.69, 9.17) is 4.42 Å². The minimum Gasteiger partial charge on any atom is -0.502 e. The van der Waals surface area contributed by atoms with Gasteiger partial charge >= 0.3 is 0 Å². The highest BCUT2D eigenvalue weighted by atomic mass is 32.2. The van der Waals surface area contributed by atoms with Crippen LogP contribution in [0.15, 0.2) is 20.7 Å². The van der Waals surface area contributed by atoms with Gasteiger partial charge in [0.2, 0.25) is 23.0 Å². The van der Waals surface area contributed by atoms with Crippen LogP contribution in [0.25, 0.3) is 0 Å². The number of rotatable bonds is 6. The molecular weight excluding hydrogens is 414 g/mol. The average molecular weight is 438 g/mol. The molecule has 0 atom stereocenters. The van der Waals surface area contributed by atoms with E-state index in [9.17, 15) is 19.5 Å². The molecule has 3 N–H and O–H groups in total. The van der Waals surface area contributed by atoms with Crippen molar-refractivity contribution >= 4 is 40.0 Å². The van der Waals surface area contributed by atoms with Gasteiger partial charge in [-0.3, -0.25) is 14.4 Å². The molecule has 2 amide bonds. The van der Waals surface area contributed by atoms with Crippen LogP contribution in [0.1, 0.15) is 36.5 Å². The van der Waals surface area contributed by atoms with E-state index in [1.807, 2.05) is 12.3 Å². The Morgan fingerprint density at radius 1 is 1.28 bits per heavy atom. The van der Waals surface area contributed by atoms with Crippen molar-refractivity contribution in [1.29, 1.82) is 0 Å². The van der Waals surface area contributed by atoms with E-state index in [0.717, 1.165) is 17.2 Å². The first-order valence-corrected chi connectivity index (χ1v) is 11.2. The quantitative estimate of drug-likeness (QED) is 0.634. The summed E-state index contributed by atoms with van der Waals surface area (Å²) in [5.74, 6) is 0.978.